The van der Waals surface area contributed by atoms with Crippen LogP contribution in [0.5, 0.6) is 0 Å². The van der Waals surface area contributed by atoms with Crippen molar-refractivity contribution in [3.05, 3.63) is 5.56 Å². The van der Waals surface area contributed by atoms with Crippen LogP contribution in [0.25, 0.3) is 21.9 Å². The molecule has 11 heteroatoms. The smallest absolute Gasteiger partial charge is 0.102 e. The second-order valence-electron chi connectivity index (χ2n) is 9.00. The zero-order valence-electron chi connectivity index (χ0n) is 20.0. The average molecular weight is 348 g/mol. The van der Waals surface area contributed by atoms with Crippen LogP contribution in [0, 0.1) is 6.92 Å². The molecule has 0 fully saturated rings. The highest BCUT2D eigenvalue weighted by molar-refractivity contribution is 6.71. The predicted octanol–water partition coefficient (Wildman–Crippen LogP) is -14.3. The van der Waals surface area contributed by atoms with E-state index in [4.69, 9.17) is 0 Å². The normalized spacial score (nSPS) is 11.2. The van der Waals surface area contributed by atoms with E-state index < -0.39 is 0 Å². The van der Waals surface area contributed by atoms with E-state index in [1.807, 2.05) is 0 Å². The van der Waals surface area contributed by atoms with Crippen LogP contribution in [-0.4, -0.2) is 86.3 Å². The van der Waals surface area contributed by atoms with Crippen LogP contribution in [0.2, 0.25) is 0 Å². The van der Waals surface area contributed by atoms with Crippen molar-refractivity contribution in [3.8, 4) is 11.1 Å². The predicted molar refractivity (Wildman–Crippen MR) is 164 cm³/mol. The summed E-state index contributed by atoms with van der Waals surface area (Å²) in [5, 5.41) is 2.93. The van der Waals surface area contributed by atoms with E-state index in [1.54, 1.807) is 0 Å². The average Bonchev–Trinajstić information content (AvgIpc) is 2.67. The molecule has 0 nitrogen and oxygen atoms in total. The Labute approximate surface area is 180 Å². The summed E-state index contributed by atoms with van der Waals surface area (Å²) in [5.74, 6) is 0. The summed E-state index contributed by atoms with van der Waals surface area (Å²) < 4.78 is 0. The van der Waals surface area contributed by atoms with Crippen LogP contribution in [-0.2, 0) is 0 Å². The van der Waals surface area contributed by atoms with E-state index in [1.165, 1.54) is 87.6 Å². The standard InChI is InChI=1S/C17H25B11/c1-2-3-4(10(21)14(25)13(24)8(3)19)5(9(20)7(2)18)6-11(22)15(26)17(28)16(27)12(6)23/h18-28H2,1H3. The molecular formula is C17H25B11. The lowest BCUT2D eigenvalue weighted by Crippen LogP contribution is -2.56. The van der Waals surface area contributed by atoms with Gasteiger partial charge in [0.05, 0.1) is 0 Å². The van der Waals surface area contributed by atoms with Crippen LogP contribution in [0.15, 0.2) is 0 Å². The van der Waals surface area contributed by atoms with Crippen LogP contribution in [0.1, 0.15) is 5.56 Å². The summed E-state index contributed by atoms with van der Waals surface area (Å²) in [6.07, 6.45) is 0. The van der Waals surface area contributed by atoms with Crippen molar-refractivity contribution in [1.82, 2.24) is 0 Å². The summed E-state index contributed by atoms with van der Waals surface area (Å²) in [5.41, 5.74) is 20.1. The second kappa shape index (κ2) is 7.15. The zero-order chi connectivity index (χ0) is 21.2. The molecule has 0 aliphatic rings. The Bertz CT molecular complexity index is 1140. The number of fused-ring (bicyclic) bond motifs is 1. The van der Waals surface area contributed by atoms with Crippen LogP contribution >= 0.6 is 0 Å². The third kappa shape index (κ3) is 2.76. The molecule has 0 aliphatic carbocycles. The van der Waals surface area contributed by atoms with Crippen molar-refractivity contribution in [2.24, 2.45) is 0 Å². The lowest BCUT2D eigenvalue weighted by molar-refractivity contribution is 1.61. The number of aryl methyl sites for hydroxylation is 1. The summed E-state index contributed by atoms with van der Waals surface area (Å²) in [6, 6.07) is 0. The number of hydrogen-bond acceptors (Lipinski definition) is 0. The van der Waals surface area contributed by atoms with Crippen molar-refractivity contribution in [3.63, 3.8) is 0 Å². The molecule has 0 unspecified atom stereocenters. The molecule has 0 spiro atoms. The fraction of sp³-hybridized carbons (Fsp3) is 0.0588. The Balaban J connectivity index is 2.73. The van der Waals surface area contributed by atoms with Gasteiger partial charge in [0.15, 0.2) is 0 Å². The van der Waals surface area contributed by atoms with Gasteiger partial charge in [0, 0.05) is 0 Å². The molecule has 3 rings (SSSR count). The van der Waals surface area contributed by atoms with E-state index >= 15 is 0 Å². The minimum atomic E-state index is 1.43. The molecule has 28 heavy (non-hydrogen) atoms. The van der Waals surface area contributed by atoms with E-state index in [2.05, 4.69) is 93.2 Å². The van der Waals surface area contributed by atoms with E-state index in [9.17, 15) is 0 Å². The van der Waals surface area contributed by atoms with Crippen LogP contribution < -0.4 is 60.1 Å². The molecule has 3 aromatic rings. The van der Waals surface area contributed by atoms with Gasteiger partial charge in [0.25, 0.3) is 0 Å². The van der Waals surface area contributed by atoms with E-state index in [0.29, 0.717) is 0 Å². The molecule has 0 atom stereocenters. The van der Waals surface area contributed by atoms with E-state index in [0.717, 1.165) is 0 Å². The fourth-order valence-corrected chi connectivity index (χ4v) is 5.12. The second-order valence-corrected chi connectivity index (χ2v) is 9.00. The fourth-order valence-electron chi connectivity index (χ4n) is 5.12. The summed E-state index contributed by atoms with van der Waals surface area (Å²) >= 11 is 0. The maximum atomic E-state index is 2.32. The Morgan fingerprint density at radius 1 is 0.321 bits per heavy atom. The highest BCUT2D eigenvalue weighted by Crippen LogP contribution is 2.22. The van der Waals surface area contributed by atoms with Crippen molar-refractivity contribution in [2.45, 2.75) is 6.92 Å². The van der Waals surface area contributed by atoms with Gasteiger partial charge < -0.3 is 0 Å². The summed E-state index contributed by atoms with van der Waals surface area (Å²) in [4.78, 5) is 0. The van der Waals surface area contributed by atoms with E-state index in [-0.39, 0.29) is 0 Å². The zero-order valence-corrected chi connectivity index (χ0v) is 20.0. The van der Waals surface area contributed by atoms with Gasteiger partial charge in [-0.15, -0.1) is 27.3 Å². The first-order valence-corrected chi connectivity index (χ1v) is 10.5. The first-order valence-electron chi connectivity index (χ1n) is 10.5. The molecule has 0 N–H and O–H groups in total. The summed E-state index contributed by atoms with van der Waals surface area (Å²) in [6.45, 7) is 2.31. The van der Waals surface area contributed by atoms with Crippen LogP contribution in [0.4, 0.5) is 0 Å². The van der Waals surface area contributed by atoms with Crippen molar-refractivity contribution >= 4 is 157 Å². The molecular weight excluding hydrogens is 323 g/mol. The van der Waals surface area contributed by atoms with Gasteiger partial charge in [0.2, 0.25) is 0 Å². The SMILES string of the molecule is Bc1c(B)c(B)c(-c2c(B)c(B)c(C)c3c(B)c(B)c(B)c(B)c23)c(B)c1B. The molecule has 0 saturated carbocycles. The number of rotatable bonds is 1. The number of hydrogen-bond donors (Lipinski definition) is 0. The highest BCUT2D eigenvalue weighted by Gasteiger charge is 2.22. The lowest BCUT2D eigenvalue weighted by Gasteiger charge is -2.28. The lowest BCUT2D eigenvalue weighted by atomic mass is 9.56. The van der Waals surface area contributed by atoms with Crippen molar-refractivity contribution in [2.75, 3.05) is 0 Å². The van der Waals surface area contributed by atoms with Crippen molar-refractivity contribution < 1.29 is 0 Å². The molecule has 0 radical (unpaired) electrons. The molecule has 0 bridgehead atoms. The Morgan fingerprint density at radius 2 is 0.643 bits per heavy atom. The largest absolute Gasteiger partial charge is 0.139 e. The van der Waals surface area contributed by atoms with Gasteiger partial charge in [-0.1, -0.05) is 38.3 Å². The minimum absolute atomic E-state index is 1.43. The topological polar surface area (TPSA) is 0 Å². The maximum Gasteiger partial charge on any atom is 0.139 e. The molecule has 0 amide bonds. The molecule has 3 aromatic carbocycles. The molecule has 0 saturated heterocycles. The van der Waals surface area contributed by atoms with Gasteiger partial charge in [0.1, 0.15) is 86.3 Å². The van der Waals surface area contributed by atoms with Crippen molar-refractivity contribution in [1.29, 1.82) is 0 Å². The van der Waals surface area contributed by atoms with Gasteiger partial charge in [-0.05, 0) is 28.8 Å². The Hall–Kier alpha value is -1.37. The third-order valence-electron chi connectivity index (χ3n) is 8.06. The molecule has 0 aromatic heterocycles. The minimum Gasteiger partial charge on any atom is -0.102 e. The van der Waals surface area contributed by atoms with Gasteiger partial charge in [-0.25, -0.2) is 0 Å². The number of benzene rings is 3. The monoisotopic (exact) mass is 350 g/mol. The molecule has 0 heterocycles. The van der Waals surface area contributed by atoms with Gasteiger partial charge in [-0.3, -0.25) is 0 Å². The quantitative estimate of drug-likeness (QED) is 0.383. The maximum absolute atomic E-state index is 2.32. The Kier molecular flexibility index (Phi) is 5.45. The van der Waals surface area contributed by atoms with Crippen LogP contribution in [0.3, 0.4) is 0 Å². The third-order valence-corrected chi connectivity index (χ3v) is 8.06. The highest BCUT2D eigenvalue weighted by atomic mass is 14.2. The van der Waals surface area contributed by atoms with Gasteiger partial charge >= 0.3 is 0 Å². The Morgan fingerprint density at radius 3 is 1.11 bits per heavy atom. The first-order chi connectivity index (χ1) is 12.9. The first kappa shape index (κ1) is 21.3. The molecule has 0 aliphatic heterocycles. The molecule has 126 valence electrons. The van der Waals surface area contributed by atoms with Gasteiger partial charge in [-0.2, -0.15) is 0 Å². The summed E-state index contributed by atoms with van der Waals surface area (Å²) in [7, 11) is 25.3.